The zero-order chi connectivity index (χ0) is 21.8. The molecule has 0 fully saturated rings. The average Bonchev–Trinajstić information content (AvgIpc) is 3.41. The van der Waals surface area contributed by atoms with Gasteiger partial charge in [0.2, 0.25) is 11.6 Å². The summed E-state index contributed by atoms with van der Waals surface area (Å²) in [6.45, 7) is 0. The summed E-state index contributed by atoms with van der Waals surface area (Å²) in [5, 5.41) is 28.9. The number of phenols is 1. The molecule has 31 heavy (non-hydrogen) atoms. The zero-order valence-corrected chi connectivity index (χ0v) is 16.1. The molecule has 2 aromatic carbocycles. The number of carbonyl (C=O) groups is 1. The maximum absolute atomic E-state index is 12.8. The van der Waals surface area contributed by atoms with Crippen molar-refractivity contribution in [1.82, 2.24) is 30.7 Å². The first-order valence-corrected chi connectivity index (χ1v) is 8.88. The Labute approximate surface area is 174 Å². The maximum Gasteiger partial charge on any atom is 0.294 e. The standard InChI is InChI=1S/C19H16N8O4/c1-30-13-7-4-6-11(9-13)16-15(22-26-27(16)18-17(20)24-31-25-18)19(29)23-21-10-12-5-2-3-8-14(12)28/h2-10,28H,1H3,(H2,20,24)(H,23,29)/b21-10+. The molecule has 2 aromatic heterocycles. The number of nitrogens with two attached hydrogens (primary N) is 1. The summed E-state index contributed by atoms with van der Waals surface area (Å²) in [6.07, 6.45) is 1.31. The fourth-order valence-corrected chi connectivity index (χ4v) is 2.76. The van der Waals surface area contributed by atoms with Crippen LogP contribution in [-0.4, -0.2) is 49.6 Å². The number of para-hydroxylation sites is 1. The molecule has 0 aliphatic rings. The highest BCUT2D eigenvalue weighted by atomic mass is 16.6. The van der Waals surface area contributed by atoms with E-state index in [4.69, 9.17) is 10.5 Å². The number of anilines is 1. The monoisotopic (exact) mass is 420 g/mol. The molecule has 0 unspecified atom stereocenters. The Morgan fingerprint density at radius 2 is 2.10 bits per heavy atom. The number of hydrazone groups is 1. The molecule has 0 atom stereocenters. The van der Waals surface area contributed by atoms with Crippen LogP contribution in [0.5, 0.6) is 11.5 Å². The Morgan fingerprint density at radius 3 is 2.84 bits per heavy atom. The van der Waals surface area contributed by atoms with E-state index in [1.807, 2.05) is 0 Å². The molecule has 0 saturated heterocycles. The molecule has 4 rings (SSSR count). The third kappa shape index (κ3) is 3.89. The van der Waals surface area contributed by atoms with E-state index < -0.39 is 5.91 Å². The highest BCUT2D eigenvalue weighted by molar-refractivity contribution is 5.99. The fraction of sp³-hybridized carbons (Fsp3) is 0.0526. The second kappa shape index (κ2) is 8.32. The minimum atomic E-state index is -0.647. The van der Waals surface area contributed by atoms with Gasteiger partial charge in [-0.05, 0) is 34.6 Å². The predicted molar refractivity (Wildman–Crippen MR) is 109 cm³/mol. The quantitative estimate of drug-likeness (QED) is 0.308. The number of amides is 1. The van der Waals surface area contributed by atoms with Gasteiger partial charge in [0, 0.05) is 11.1 Å². The molecule has 4 N–H and O–H groups in total. The SMILES string of the molecule is COc1cccc(-c2c(C(=O)N/N=C/c3ccccc3O)nnn2-c2nonc2N)c1. The van der Waals surface area contributed by atoms with Gasteiger partial charge in [0.05, 0.1) is 13.3 Å². The number of aromatic hydroxyl groups is 1. The molecule has 0 radical (unpaired) electrons. The van der Waals surface area contributed by atoms with Crippen LogP contribution >= 0.6 is 0 Å². The summed E-state index contributed by atoms with van der Waals surface area (Å²) in [5.41, 5.74) is 9.37. The van der Waals surface area contributed by atoms with E-state index >= 15 is 0 Å². The van der Waals surface area contributed by atoms with Gasteiger partial charge in [-0.15, -0.1) is 5.10 Å². The molecule has 0 aliphatic carbocycles. The van der Waals surface area contributed by atoms with Gasteiger partial charge in [0.15, 0.2) is 5.69 Å². The Bertz CT molecular complexity index is 1260. The van der Waals surface area contributed by atoms with E-state index in [0.717, 1.165) is 0 Å². The van der Waals surface area contributed by atoms with Crippen molar-refractivity contribution in [3.05, 3.63) is 59.8 Å². The summed E-state index contributed by atoms with van der Waals surface area (Å²) in [7, 11) is 1.52. The first-order chi connectivity index (χ1) is 15.1. The van der Waals surface area contributed by atoms with E-state index in [1.54, 1.807) is 42.5 Å². The minimum Gasteiger partial charge on any atom is -0.507 e. The second-order valence-corrected chi connectivity index (χ2v) is 6.16. The lowest BCUT2D eigenvalue weighted by molar-refractivity contribution is 0.0950. The predicted octanol–water partition coefficient (Wildman–Crippen LogP) is 1.38. The molecule has 0 aliphatic heterocycles. The van der Waals surface area contributed by atoms with E-state index in [2.05, 4.69) is 35.8 Å². The Morgan fingerprint density at radius 1 is 1.26 bits per heavy atom. The molecule has 0 saturated carbocycles. The molecule has 12 heteroatoms. The first kappa shape index (κ1) is 19.6. The lowest BCUT2D eigenvalue weighted by atomic mass is 10.1. The summed E-state index contributed by atoms with van der Waals surface area (Å²) in [6, 6.07) is 13.5. The molecule has 12 nitrogen and oxygen atoms in total. The Kier molecular flexibility index (Phi) is 5.26. The van der Waals surface area contributed by atoms with Crippen molar-refractivity contribution < 1.29 is 19.3 Å². The van der Waals surface area contributed by atoms with Crippen LogP contribution < -0.4 is 15.9 Å². The Hall–Kier alpha value is -4.74. The normalized spacial score (nSPS) is 11.0. The average molecular weight is 420 g/mol. The van der Waals surface area contributed by atoms with Crippen molar-refractivity contribution in [3.63, 3.8) is 0 Å². The second-order valence-electron chi connectivity index (χ2n) is 6.16. The van der Waals surface area contributed by atoms with Gasteiger partial charge < -0.3 is 15.6 Å². The van der Waals surface area contributed by atoms with Crippen LogP contribution in [0.15, 0.2) is 58.3 Å². The van der Waals surface area contributed by atoms with Crippen LogP contribution in [0.25, 0.3) is 17.1 Å². The molecular weight excluding hydrogens is 404 g/mol. The van der Waals surface area contributed by atoms with Gasteiger partial charge in [-0.2, -0.15) is 9.78 Å². The van der Waals surface area contributed by atoms with E-state index in [1.165, 1.54) is 24.1 Å². The molecule has 156 valence electrons. The van der Waals surface area contributed by atoms with Gasteiger partial charge in [-0.1, -0.05) is 29.5 Å². The number of aromatic nitrogens is 5. The van der Waals surface area contributed by atoms with E-state index in [9.17, 15) is 9.90 Å². The van der Waals surface area contributed by atoms with Crippen molar-refractivity contribution in [1.29, 1.82) is 0 Å². The molecule has 1 amide bonds. The molecule has 0 bridgehead atoms. The smallest absolute Gasteiger partial charge is 0.294 e. The van der Waals surface area contributed by atoms with Crippen molar-refractivity contribution in [2.75, 3.05) is 12.8 Å². The number of nitrogens with one attached hydrogen (secondary N) is 1. The number of phenolic OH excluding ortho intramolecular Hbond substituents is 1. The fourth-order valence-electron chi connectivity index (χ4n) is 2.76. The number of ether oxygens (including phenoxy) is 1. The molecule has 4 aromatic rings. The van der Waals surface area contributed by atoms with Crippen LogP contribution in [0.4, 0.5) is 5.82 Å². The summed E-state index contributed by atoms with van der Waals surface area (Å²) < 4.78 is 11.1. The number of rotatable bonds is 6. The van der Waals surface area contributed by atoms with Gasteiger partial charge in [0.25, 0.3) is 5.91 Å². The molecular formula is C19H16N8O4. The number of hydrogen-bond acceptors (Lipinski definition) is 10. The zero-order valence-electron chi connectivity index (χ0n) is 16.1. The molecule has 2 heterocycles. The number of nitrogens with zero attached hydrogens (tertiary/aromatic N) is 6. The van der Waals surface area contributed by atoms with Crippen LogP contribution in [0.3, 0.4) is 0 Å². The lowest BCUT2D eigenvalue weighted by Gasteiger charge is -2.07. The van der Waals surface area contributed by atoms with Crippen molar-refractivity contribution >= 4 is 17.9 Å². The van der Waals surface area contributed by atoms with Crippen LogP contribution in [0, 0.1) is 0 Å². The van der Waals surface area contributed by atoms with Gasteiger partial charge >= 0.3 is 0 Å². The van der Waals surface area contributed by atoms with Crippen LogP contribution in [-0.2, 0) is 0 Å². The van der Waals surface area contributed by atoms with Gasteiger partial charge in [-0.3, -0.25) is 4.79 Å². The minimum absolute atomic E-state index is 0.0255. The topological polar surface area (TPSA) is 167 Å². The number of hydrogen-bond donors (Lipinski definition) is 3. The highest BCUT2D eigenvalue weighted by Gasteiger charge is 2.25. The van der Waals surface area contributed by atoms with E-state index in [-0.39, 0.29) is 28.8 Å². The van der Waals surface area contributed by atoms with E-state index in [0.29, 0.717) is 16.9 Å². The van der Waals surface area contributed by atoms with Crippen LogP contribution in [0.2, 0.25) is 0 Å². The third-order valence-corrected chi connectivity index (χ3v) is 4.23. The number of methoxy groups -OCH3 is 1. The lowest BCUT2D eigenvalue weighted by Crippen LogP contribution is -2.19. The third-order valence-electron chi connectivity index (χ3n) is 4.23. The summed E-state index contributed by atoms with van der Waals surface area (Å²) in [5.74, 6) is -0.0237. The van der Waals surface area contributed by atoms with Crippen molar-refractivity contribution in [2.45, 2.75) is 0 Å². The highest BCUT2D eigenvalue weighted by Crippen LogP contribution is 2.29. The number of benzene rings is 2. The summed E-state index contributed by atoms with van der Waals surface area (Å²) in [4.78, 5) is 12.8. The van der Waals surface area contributed by atoms with Crippen LogP contribution in [0.1, 0.15) is 16.1 Å². The largest absolute Gasteiger partial charge is 0.507 e. The number of carbonyl (C=O) groups excluding carboxylic acids is 1. The van der Waals surface area contributed by atoms with Gasteiger partial charge in [-0.25, -0.2) is 10.1 Å². The van der Waals surface area contributed by atoms with Crippen molar-refractivity contribution in [3.8, 4) is 28.6 Å². The molecule has 0 spiro atoms. The number of nitrogen functional groups attached to an aromatic ring is 1. The summed E-state index contributed by atoms with van der Waals surface area (Å²) >= 11 is 0. The van der Waals surface area contributed by atoms with Crippen molar-refractivity contribution in [2.24, 2.45) is 5.10 Å². The maximum atomic E-state index is 12.8. The van der Waals surface area contributed by atoms with Gasteiger partial charge in [0.1, 0.15) is 17.2 Å². The first-order valence-electron chi connectivity index (χ1n) is 8.88. The Balaban J connectivity index is 1.72.